The Balaban J connectivity index is 1.16. The third-order valence-corrected chi connectivity index (χ3v) is 15.4. The Bertz CT molecular complexity index is 2790. The van der Waals surface area contributed by atoms with Crippen LogP contribution in [-0.4, -0.2) is 19.4 Å². The molecule has 57 heavy (non-hydrogen) atoms. The van der Waals surface area contributed by atoms with Gasteiger partial charge in [0.2, 0.25) is 0 Å². The van der Waals surface area contributed by atoms with Crippen LogP contribution >= 0.6 is 11.3 Å². The van der Waals surface area contributed by atoms with E-state index in [-0.39, 0.29) is 28.3 Å². The number of rotatable bonds is 4. The molecular weight excluding hydrogens is 707 g/mol. The van der Waals surface area contributed by atoms with Gasteiger partial charge in [0.15, 0.2) is 7.28 Å². The molecule has 0 saturated heterocycles. The first-order chi connectivity index (χ1) is 27.5. The van der Waals surface area contributed by atoms with Crippen LogP contribution in [0.4, 0.5) is 17.1 Å². The monoisotopic (exact) mass is 757 g/mol. The van der Waals surface area contributed by atoms with Gasteiger partial charge in [-0.3, -0.25) is 0 Å². The highest BCUT2D eigenvalue weighted by molar-refractivity contribution is 7.26. The Morgan fingerprint density at radius 3 is 2.33 bits per heavy atom. The summed E-state index contributed by atoms with van der Waals surface area (Å²) in [6, 6.07) is 39.0. The predicted molar refractivity (Wildman–Crippen MR) is 246 cm³/mol. The van der Waals surface area contributed by atoms with Gasteiger partial charge in [0.05, 0.1) is 5.69 Å². The van der Waals surface area contributed by atoms with Gasteiger partial charge >= 0.3 is 0 Å². The highest BCUT2D eigenvalue weighted by Crippen LogP contribution is 2.56. The van der Waals surface area contributed by atoms with Crippen molar-refractivity contribution in [3.05, 3.63) is 161 Å². The fraction of sp³-hybridized carbons (Fsp3) is 0.283. The van der Waals surface area contributed by atoms with E-state index in [0.29, 0.717) is 0 Å². The quantitative estimate of drug-likeness (QED) is 0.180. The first kappa shape index (κ1) is 35.3. The fourth-order valence-corrected chi connectivity index (χ4v) is 12.1. The predicted octanol–water partition coefficient (Wildman–Crippen LogP) is 12.4. The molecule has 5 aromatic carbocycles. The summed E-state index contributed by atoms with van der Waals surface area (Å²) in [5, 5.41) is 7.08. The molecule has 4 heteroatoms. The summed E-state index contributed by atoms with van der Waals surface area (Å²) in [6.07, 6.45) is 14.3. The van der Waals surface area contributed by atoms with Crippen LogP contribution in [0.1, 0.15) is 89.5 Å². The molecule has 281 valence electrons. The third-order valence-electron chi connectivity index (χ3n) is 14.2. The molecule has 11 rings (SSSR count). The SMILES string of the molecule is CC1(C)CCC(C)(C)C2=C1C=C(c1c3c(cc4sc5ccccc5c14)N1c4ccccc4C(C)(C)c4cccc(c41)[B]3)C(NC1C=CC(c3ccccc3)=CC1)C2. The average molecular weight is 758 g/mol. The number of nitrogens with one attached hydrogen (secondary N) is 1. The summed E-state index contributed by atoms with van der Waals surface area (Å²) < 4.78 is 2.71. The summed E-state index contributed by atoms with van der Waals surface area (Å²) in [4.78, 5) is 2.62. The maximum Gasteiger partial charge on any atom is 0.197 e. The Labute approximate surface area is 343 Å². The molecule has 2 aliphatic heterocycles. The number of thiophene rings is 1. The number of hydrogen-bond donors (Lipinski definition) is 1. The third kappa shape index (κ3) is 5.33. The van der Waals surface area contributed by atoms with E-state index >= 15 is 0 Å². The summed E-state index contributed by atoms with van der Waals surface area (Å²) in [7, 11) is 2.54. The lowest BCUT2D eigenvalue weighted by molar-refractivity contribution is 0.254. The molecule has 5 aliphatic rings. The molecule has 0 saturated carbocycles. The van der Waals surface area contributed by atoms with Crippen LogP contribution in [0.5, 0.6) is 0 Å². The second-order valence-corrected chi connectivity index (χ2v) is 20.0. The minimum Gasteiger partial charge on any atom is -0.311 e. The average Bonchev–Trinajstić information content (AvgIpc) is 3.59. The minimum atomic E-state index is -0.111. The lowest BCUT2D eigenvalue weighted by Crippen LogP contribution is -2.48. The number of benzene rings is 5. The fourth-order valence-electron chi connectivity index (χ4n) is 11.0. The molecule has 1 radical (unpaired) electrons. The molecule has 3 heterocycles. The van der Waals surface area contributed by atoms with Gasteiger partial charge in [0.25, 0.3) is 0 Å². The number of para-hydroxylation sites is 2. The van der Waals surface area contributed by atoms with Crippen molar-refractivity contribution in [2.75, 3.05) is 4.90 Å². The molecule has 2 atom stereocenters. The van der Waals surface area contributed by atoms with Crippen molar-refractivity contribution >= 4 is 77.9 Å². The maximum atomic E-state index is 4.32. The Hall–Kier alpha value is -4.90. The Morgan fingerprint density at radius 2 is 1.51 bits per heavy atom. The zero-order valence-electron chi connectivity index (χ0n) is 34.0. The Morgan fingerprint density at radius 1 is 0.754 bits per heavy atom. The highest BCUT2D eigenvalue weighted by atomic mass is 32.1. The van der Waals surface area contributed by atoms with Crippen LogP contribution in [0.25, 0.3) is 31.3 Å². The molecule has 2 unspecified atom stereocenters. The molecule has 2 nitrogen and oxygen atoms in total. The van der Waals surface area contributed by atoms with Crippen LogP contribution in [0.3, 0.4) is 0 Å². The first-order valence-corrected chi connectivity index (χ1v) is 21.8. The normalized spacial score (nSPS) is 22.2. The van der Waals surface area contributed by atoms with E-state index in [4.69, 9.17) is 0 Å². The van der Waals surface area contributed by atoms with E-state index in [1.165, 1.54) is 94.4 Å². The smallest absolute Gasteiger partial charge is 0.197 e. The topological polar surface area (TPSA) is 15.3 Å². The van der Waals surface area contributed by atoms with E-state index in [1.807, 2.05) is 11.3 Å². The number of fused-ring (bicyclic) bond motifs is 7. The van der Waals surface area contributed by atoms with E-state index in [9.17, 15) is 0 Å². The van der Waals surface area contributed by atoms with Crippen molar-refractivity contribution in [3.63, 3.8) is 0 Å². The van der Waals surface area contributed by atoms with Crippen molar-refractivity contribution in [1.29, 1.82) is 0 Å². The largest absolute Gasteiger partial charge is 0.311 e. The zero-order chi connectivity index (χ0) is 38.8. The van der Waals surface area contributed by atoms with Gasteiger partial charge in [-0.1, -0.05) is 162 Å². The standard InChI is InChI=1S/C53H50BN2S/c1-51(2)27-28-52(3,4)40-30-42(55-34-25-23-33(24-26-34)32-15-8-7-9-16-32)36(29-39(40)51)48-47-35-17-10-13-22-45(35)57-46(47)31-44-49(48)54-41-20-14-19-38-50(41)56(44)43-21-12-11-18-37(43)53(38,5)6/h7-25,29,31,34,42,55H,26-28,30H2,1-6H3. The number of nitrogens with zero attached hydrogens (tertiary/aromatic N) is 1. The van der Waals surface area contributed by atoms with Gasteiger partial charge in [0.1, 0.15) is 0 Å². The second-order valence-electron chi connectivity index (χ2n) is 18.9. The van der Waals surface area contributed by atoms with Gasteiger partial charge in [0, 0.05) is 49.0 Å². The molecule has 0 bridgehead atoms. The van der Waals surface area contributed by atoms with Crippen LogP contribution < -0.4 is 21.1 Å². The number of anilines is 3. The molecule has 0 amide bonds. The first-order valence-electron chi connectivity index (χ1n) is 21.0. The molecular formula is C53H50BN2S. The van der Waals surface area contributed by atoms with Crippen molar-refractivity contribution in [2.24, 2.45) is 10.8 Å². The summed E-state index contributed by atoms with van der Waals surface area (Å²) in [5.74, 6) is 0. The maximum absolute atomic E-state index is 4.32. The number of allylic oxidation sites excluding steroid dienone is 4. The van der Waals surface area contributed by atoms with Crippen molar-refractivity contribution in [2.45, 2.75) is 84.7 Å². The second kappa shape index (κ2) is 12.6. The lowest BCUT2D eigenvalue weighted by Gasteiger charge is -2.48. The summed E-state index contributed by atoms with van der Waals surface area (Å²) >= 11 is 1.95. The Kier molecular flexibility index (Phi) is 7.77. The van der Waals surface area contributed by atoms with Crippen LogP contribution in [0.15, 0.2) is 139 Å². The van der Waals surface area contributed by atoms with Gasteiger partial charge in [-0.05, 0) is 99.1 Å². The van der Waals surface area contributed by atoms with Crippen molar-refractivity contribution in [3.8, 4) is 0 Å². The summed E-state index contributed by atoms with van der Waals surface area (Å²) in [6.45, 7) is 14.8. The van der Waals surface area contributed by atoms with E-state index in [1.54, 1.807) is 11.1 Å². The zero-order valence-corrected chi connectivity index (χ0v) is 34.9. The van der Waals surface area contributed by atoms with Crippen molar-refractivity contribution < 1.29 is 0 Å². The van der Waals surface area contributed by atoms with E-state index < -0.39 is 0 Å². The molecule has 0 spiro atoms. The lowest BCUT2D eigenvalue weighted by atomic mass is 9.54. The van der Waals surface area contributed by atoms with Gasteiger partial charge in [-0.2, -0.15) is 0 Å². The highest BCUT2D eigenvalue weighted by Gasteiger charge is 2.45. The van der Waals surface area contributed by atoms with Crippen LogP contribution in [0.2, 0.25) is 0 Å². The summed E-state index contributed by atoms with van der Waals surface area (Å²) in [5.41, 5.74) is 18.1. The van der Waals surface area contributed by atoms with Gasteiger partial charge in [-0.15, -0.1) is 11.3 Å². The van der Waals surface area contributed by atoms with Gasteiger partial charge < -0.3 is 10.2 Å². The molecule has 1 N–H and O–H groups in total. The van der Waals surface area contributed by atoms with Crippen LogP contribution in [0, 0.1) is 10.8 Å². The number of hydrogen-bond acceptors (Lipinski definition) is 3. The minimum absolute atomic E-state index is 0.104. The van der Waals surface area contributed by atoms with Crippen molar-refractivity contribution in [1.82, 2.24) is 5.32 Å². The molecule has 1 aromatic heterocycles. The van der Waals surface area contributed by atoms with Gasteiger partial charge in [-0.25, -0.2) is 0 Å². The molecule has 6 aromatic rings. The van der Waals surface area contributed by atoms with E-state index in [0.717, 1.165) is 12.8 Å². The van der Waals surface area contributed by atoms with E-state index in [2.05, 4.69) is 186 Å². The van der Waals surface area contributed by atoms with Crippen LogP contribution in [-0.2, 0) is 5.41 Å². The molecule has 3 aliphatic carbocycles. The molecule has 0 fully saturated rings.